The SMILES string of the molecule is CCOP(=O)(OCC)C(Cc1c[nH]c2ccccc12)=NO. The van der Waals surface area contributed by atoms with Crippen LogP contribution in [-0.4, -0.2) is 28.9 Å². The predicted molar refractivity (Wildman–Crippen MR) is 82.1 cm³/mol. The monoisotopic (exact) mass is 310 g/mol. The molecule has 0 aliphatic carbocycles. The molecule has 0 fully saturated rings. The lowest BCUT2D eigenvalue weighted by atomic mass is 10.1. The third kappa shape index (κ3) is 3.35. The summed E-state index contributed by atoms with van der Waals surface area (Å²) < 4.78 is 23.1. The maximum absolute atomic E-state index is 12.7. The van der Waals surface area contributed by atoms with Crippen LogP contribution in [-0.2, 0) is 20.0 Å². The van der Waals surface area contributed by atoms with Crippen molar-refractivity contribution in [3.8, 4) is 0 Å². The molecule has 114 valence electrons. The third-order valence-electron chi connectivity index (χ3n) is 3.05. The molecule has 6 nitrogen and oxygen atoms in total. The van der Waals surface area contributed by atoms with Crippen molar-refractivity contribution in [2.24, 2.45) is 5.16 Å². The lowest BCUT2D eigenvalue weighted by Crippen LogP contribution is -2.10. The standard InChI is InChI=1S/C14H19N2O4P/c1-3-19-21(18,20-4-2)14(16-17)9-11-10-15-13-8-6-5-7-12(11)13/h5-8,10,15,17H,3-4,9H2,1-2H3. The summed E-state index contributed by atoms with van der Waals surface area (Å²) >= 11 is 0. The number of para-hydroxylation sites is 1. The first kappa shape index (κ1) is 15.8. The number of nitrogens with zero attached hydrogens (tertiary/aromatic N) is 1. The van der Waals surface area contributed by atoms with E-state index in [0.717, 1.165) is 16.5 Å². The number of aromatic amines is 1. The molecule has 0 bridgehead atoms. The molecule has 0 unspecified atom stereocenters. The summed E-state index contributed by atoms with van der Waals surface area (Å²) in [5.74, 6) is 0. The fourth-order valence-electron chi connectivity index (χ4n) is 2.16. The minimum atomic E-state index is -3.56. The molecule has 0 aliphatic rings. The van der Waals surface area contributed by atoms with E-state index in [0.29, 0.717) is 0 Å². The number of hydrogen-bond acceptors (Lipinski definition) is 5. The van der Waals surface area contributed by atoms with Crippen LogP contribution in [0.25, 0.3) is 10.9 Å². The lowest BCUT2D eigenvalue weighted by Gasteiger charge is -2.17. The van der Waals surface area contributed by atoms with E-state index in [-0.39, 0.29) is 25.1 Å². The van der Waals surface area contributed by atoms with Crippen LogP contribution >= 0.6 is 7.60 Å². The van der Waals surface area contributed by atoms with Crippen molar-refractivity contribution >= 4 is 24.0 Å². The summed E-state index contributed by atoms with van der Waals surface area (Å²) in [4.78, 5) is 3.13. The van der Waals surface area contributed by atoms with Gasteiger partial charge in [0.05, 0.1) is 13.2 Å². The molecule has 2 aromatic rings. The number of aromatic nitrogens is 1. The maximum atomic E-state index is 12.7. The normalized spacial score (nSPS) is 13.0. The summed E-state index contributed by atoms with van der Waals surface area (Å²) in [6, 6.07) is 7.73. The average Bonchev–Trinajstić information content (AvgIpc) is 2.88. The van der Waals surface area contributed by atoms with Crippen LogP contribution in [0, 0.1) is 0 Å². The predicted octanol–water partition coefficient (Wildman–Crippen LogP) is 3.76. The van der Waals surface area contributed by atoms with Gasteiger partial charge < -0.3 is 19.2 Å². The van der Waals surface area contributed by atoms with E-state index in [1.807, 2.05) is 24.3 Å². The molecule has 1 aromatic heterocycles. The van der Waals surface area contributed by atoms with Crippen molar-refractivity contribution in [2.45, 2.75) is 20.3 Å². The van der Waals surface area contributed by atoms with Crippen molar-refractivity contribution in [3.63, 3.8) is 0 Å². The van der Waals surface area contributed by atoms with Crippen LogP contribution in [0.2, 0.25) is 0 Å². The van der Waals surface area contributed by atoms with E-state index in [4.69, 9.17) is 9.05 Å². The van der Waals surface area contributed by atoms with Gasteiger partial charge in [-0.15, -0.1) is 0 Å². The second-order valence-corrected chi connectivity index (χ2v) is 6.41. The molecule has 2 rings (SSSR count). The van der Waals surface area contributed by atoms with Gasteiger partial charge in [-0.25, -0.2) is 0 Å². The Bertz CT molecular complexity index is 670. The van der Waals surface area contributed by atoms with Crippen molar-refractivity contribution in [1.29, 1.82) is 0 Å². The highest BCUT2D eigenvalue weighted by molar-refractivity contribution is 7.72. The van der Waals surface area contributed by atoms with E-state index in [9.17, 15) is 9.77 Å². The Hall–Kier alpha value is -1.62. The zero-order valence-corrected chi connectivity index (χ0v) is 13.0. The highest BCUT2D eigenvalue weighted by Gasteiger charge is 2.32. The Kier molecular flexibility index (Phi) is 5.17. The second kappa shape index (κ2) is 6.89. The number of nitrogens with one attached hydrogen (secondary N) is 1. The molecule has 0 aliphatic heterocycles. The number of oxime groups is 1. The second-order valence-electron chi connectivity index (χ2n) is 4.39. The van der Waals surface area contributed by atoms with Gasteiger partial charge in [0.1, 0.15) is 0 Å². The van der Waals surface area contributed by atoms with Gasteiger partial charge in [0.2, 0.25) is 0 Å². The number of rotatable bonds is 7. The zero-order chi connectivity index (χ0) is 15.3. The van der Waals surface area contributed by atoms with Crippen molar-refractivity contribution in [2.75, 3.05) is 13.2 Å². The number of fused-ring (bicyclic) bond motifs is 1. The maximum Gasteiger partial charge on any atom is 0.379 e. The van der Waals surface area contributed by atoms with Crippen molar-refractivity contribution in [3.05, 3.63) is 36.0 Å². The molecule has 1 aromatic carbocycles. The van der Waals surface area contributed by atoms with E-state index < -0.39 is 7.60 Å². The summed E-state index contributed by atoms with van der Waals surface area (Å²) in [7, 11) is -3.56. The van der Waals surface area contributed by atoms with Crippen molar-refractivity contribution in [1.82, 2.24) is 4.98 Å². The minimum Gasteiger partial charge on any atom is -0.410 e. The fraction of sp³-hybridized carbons (Fsp3) is 0.357. The zero-order valence-electron chi connectivity index (χ0n) is 12.1. The number of benzene rings is 1. The van der Waals surface area contributed by atoms with Crippen LogP contribution in [0.1, 0.15) is 19.4 Å². The quantitative estimate of drug-likeness (QED) is 0.353. The molecule has 21 heavy (non-hydrogen) atoms. The molecule has 0 radical (unpaired) electrons. The number of H-pyrrole nitrogens is 1. The topological polar surface area (TPSA) is 83.9 Å². The Balaban J connectivity index is 2.32. The Morgan fingerprint density at radius 3 is 2.57 bits per heavy atom. The Labute approximate surface area is 123 Å². The van der Waals surface area contributed by atoms with Gasteiger partial charge in [-0.1, -0.05) is 23.4 Å². The van der Waals surface area contributed by atoms with E-state index in [1.165, 1.54) is 0 Å². The first-order valence-electron chi connectivity index (χ1n) is 6.80. The molecule has 0 amide bonds. The molecule has 0 atom stereocenters. The first-order chi connectivity index (χ1) is 10.1. The van der Waals surface area contributed by atoms with Crippen molar-refractivity contribution < 1.29 is 18.8 Å². The van der Waals surface area contributed by atoms with E-state index >= 15 is 0 Å². The van der Waals surface area contributed by atoms with Gasteiger partial charge in [0.25, 0.3) is 0 Å². The van der Waals surface area contributed by atoms with Crippen LogP contribution in [0.15, 0.2) is 35.6 Å². The smallest absolute Gasteiger partial charge is 0.379 e. The Morgan fingerprint density at radius 2 is 1.95 bits per heavy atom. The Morgan fingerprint density at radius 1 is 1.29 bits per heavy atom. The highest BCUT2D eigenvalue weighted by atomic mass is 31.2. The van der Waals surface area contributed by atoms with E-state index in [1.54, 1.807) is 20.0 Å². The molecule has 0 spiro atoms. The molecular formula is C14H19N2O4P. The summed E-state index contributed by atoms with van der Waals surface area (Å²) in [6.07, 6.45) is 2.00. The van der Waals surface area contributed by atoms with Gasteiger partial charge in [0.15, 0.2) is 5.45 Å². The van der Waals surface area contributed by atoms with Gasteiger partial charge in [-0.2, -0.15) is 0 Å². The fourth-order valence-corrected chi connectivity index (χ4v) is 3.69. The third-order valence-corrected chi connectivity index (χ3v) is 5.13. The summed E-state index contributed by atoms with van der Waals surface area (Å²) in [5.41, 5.74) is 1.85. The largest absolute Gasteiger partial charge is 0.410 e. The first-order valence-corrected chi connectivity index (χ1v) is 8.34. The van der Waals surface area contributed by atoms with Crippen LogP contribution in [0.5, 0.6) is 0 Å². The van der Waals surface area contributed by atoms with Crippen LogP contribution in [0.3, 0.4) is 0 Å². The van der Waals surface area contributed by atoms with Crippen LogP contribution in [0.4, 0.5) is 0 Å². The van der Waals surface area contributed by atoms with E-state index in [2.05, 4.69) is 10.1 Å². The molecule has 1 heterocycles. The van der Waals surface area contributed by atoms with Gasteiger partial charge >= 0.3 is 7.60 Å². The van der Waals surface area contributed by atoms with Gasteiger partial charge in [-0.3, -0.25) is 4.57 Å². The molecule has 7 heteroatoms. The molecule has 0 saturated carbocycles. The van der Waals surface area contributed by atoms with Gasteiger partial charge in [-0.05, 0) is 25.5 Å². The molecule has 0 saturated heterocycles. The molecular weight excluding hydrogens is 291 g/mol. The van der Waals surface area contributed by atoms with Gasteiger partial charge in [0, 0.05) is 23.5 Å². The summed E-state index contributed by atoms with van der Waals surface area (Å²) in [5, 5.41) is 13.4. The molecule has 2 N–H and O–H groups in total. The minimum absolute atomic E-state index is 0.0101. The summed E-state index contributed by atoms with van der Waals surface area (Å²) in [6.45, 7) is 3.85. The number of hydrogen-bond donors (Lipinski definition) is 2. The average molecular weight is 310 g/mol. The lowest BCUT2D eigenvalue weighted by molar-refractivity contribution is 0.230. The van der Waals surface area contributed by atoms with Crippen LogP contribution < -0.4 is 0 Å². The highest BCUT2D eigenvalue weighted by Crippen LogP contribution is 2.50.